The molecule has 2 rings (SSSR count). The van der Waals surface area contributed by atoms with Gasteiger partial charge in [0.05, 0.1) is 24.9 Å². The number of nitrogens with one attached hydrogen (secondary N) is 1. The van der Waals surface area contributed by atoms with Crippen LogP contribution in [0.1, 0.15) is 25.8 Å². The molecule has 9 heteroatoms. The van der Waals surface area contributed by atoms with Gasteiger partial charge in [-0.05, 0) is 55.5 Å². The van der Waals surface area contributed by atoms with Crippen LogP contribution < -0.4 is 5.32 Å². The Bertz CT molecular complexity index is 1040. The highest BCUT2D eigenvalue weighted by Gasteiger charge is 2.15. The van der Waals surface area contributed by atoms with E-state index in [1.807, 2.05) is 38.3 Å². The van der Waals surface area contributed by atoms with E-state index in [-0.39, 0.29) is 12.3 Å². The largest absolute Gasteiger partial charge is 0.492 e. The highest BCUT2D eigenvalue weighted by Crippen LogP contribution is 2.19. The van der Waals surface area contributed by atoms with E-state index in [0.717, 1.165) is 28.1 Å². The number of rotatable bonds is 7. The van der Waals surface area contributed by atoms with Crippen LogP contribution in [0.4, 0.5) is 8.78 Å². The molecule has 0 aromatic heterocycles. The van der Waals surface area contributed by atoms with Crippen LogP contribution in [0.15, 0.2) is 75.3 Å². The lowest BCUT2D eigenvalue weighted by Crippen LogP contribution is -2.37. The molecule has 1 N–H and O–H groups in total. The molecule has 6 nitrogen and oxygen atoms in total. The monoisotopic (exact) mass is 474 g/mol. The molecule has 0 aliphatic heterocycles. The second kappa shape index (κ2) is 12.7. The van der Waals surface area contributed by atoms with Gasteiger partial charge in [-0.2, -0.15) is 0 Å². The van der Waals surface area contributed by atoms with Crippen molar-refractivity contribution in [3.8, 4) is 0 Å². The first-order valence-corrected chi connectivity index (χ1v) is 11.4. The molecule has 1 aromatic carbocycles. The lowest BCUT2D eigenvalue weighted by molar-refractivity contribution is -0.107. The van der Waals surface area contributed by atoms with Gasteiger partial charge in [0, 0.05) is 30.9 Å². The van der Waals surface area contributed by atoms with Gasteiger partial charge in [-0.15, -0.1) is 11.8 Å². The van der Waals surface area contributed by atoms with Crippen LogP contribution in [0.5, 0.6) is 0 Å². The molecule has 0 saturated carbocycles. The van der Waals surface area contributed by atoms with Gasteiger partial charge < -0.3 is 15.0 Å². The zero-order valence-electron chi connectivity index (χ0n) is 19.4. The number of benzene rings is 1. The number of aldehydes is 1. The number of thioether (sulfide) groups is 1. The fourth-order valence-corrected chi connectivity index (χ4v) is 3.23. The van der Waals surface area contributed by atoms with Crippen molar-refractivity contribution in [2.45, 2.75) is 26.8 Å². The number of carbonyl (C=O) groups is 1. The van der Waals surface area contributed by atoms with Crippen LogP contribution in [-0.2, 0) is 16.1 Å². The van der Waals surface area contributed by atoms with E-state index in [0.29, 0.717) is 24.2 Å². The molecule has 0 amide bonds. The number of methoxy groups -OCH3 is 1. The molecule has 0 bridgehead atoms. The fourth-order valence-electron chi connectivity index (χ4n) is 3.02. The highest BCUT2D eigenvalue weighted by atomic mass is 32.2. The highest BCUT2D eigenvalue weighted by molar-refractivity contribution is 8.13. The molecule has 0 atom stereocenters. The summed E-state index contributed by atoms with van der Waals surface area (Å²) in [7, 11) is 2.94. The van der Waals surface area contributed by atoms with Crippen molar-refractivity contribution in [3.63, 3.8) is 0 Å². The first kappa shape index (κ1) is 26.1. The Kier molecular flexibility index (Phi) is 10.1. The average molecular weight is 475 g/mol. The second-order valence-corrected chi connectivity index (χ2v) is 8.10. The number of guanidine groups is 1. The Morgan fingerprint density at radius 3 is 2.58 bits per heavy atom. The van der Waals surface area contributed by atoms with Gasteiger partial charge in [0.1, 0.15) is 11.6 Å². The number of hydrogen-bond acceptors (Lipinski definition) is 5. The maximum Gasteiger partial charge on any atom is 0.202 e. The molecule has 33 heavy (non-hydrogen) atoms. The minimum absolute atomic E-state index is 0.0287. The van der Waals surface area contributed by atoms with E-state index in [9.17, 15) is 13.6 Å². The van der Waals surface area contributed by atoms with Gasteiger partial charge in [0.2, 0.25) is 5.96 Å². The Hall–Kier alpha value is -3.20. The zero-order chi connectivity index (χ0) is 24.4. The standard InChI is InChI=1S/C24H28F2N4O2S/c1-16-9-21(28-17(2)33-5)7-6-8-23(16)29-24(27-3)30(14-22(15-31)32-4)13-18-10-19(25)12-20(26)11-18/h6,8-12,14-15H,7,13H2,1-5H3,(H,27,29)/b22-14+,28-17?. The first-order valence-electron chi connectivity index (χ1n) is 10.1. The number of allylic oxidation sites excluding steroid dienone is 5. The Morgan fingerprint density at radius 1 is 1.30 bits per heavy atom. The number of hydrogen-bond donors (Lipinski definition) is 1. The topological polar surface area (TPSA) is 66.3 Å². The number of ether oxygens (including phenoxy) is 1. The van der Waals surface area contributed by atoms with Crippen molar-refractivity contribution in [3.05, 3.63) is 82.6 Å². The zero-order valence-corrected chi connectivity index (χ0v) is 20.2. The molecule has 0 spiro atoms. The molecule has 0 heterocycles. The number of halogens is 2. The third-order valence-corrected chi connectivity index (χ3v) is 5.34. The van der Waals surface area contributed by atoms with Crippen molar-refractivity contribution >= 4 is 29.1 Å². The molecule has 176 valence electrons. The van der Waals surface area contributed by atoms with E-state index in [2.05, 4.69) is 15.3 Å². The number of nitrogens with zero attached hydrogens (tertiary/aromatic N) is 3. The third-order valence-electron chi connectivity index (χ3n) is 4.66. The molecule has 1 aromatic rings. The Labute approximate surface area is 197 Å². The summed E-state index contributed by atoms with van der Waals surface area (Å²) < 4.78 is 32.6. The lowest BCUT2D eigenvalue weighted by Gasteiger charge is -2.24. The summed E-state index contributed by atoms with van der Waals surface area (Å²) in [6.45, 7) is 3.95. The van der Waals surface area contributed by atoms with Crippen molar-refractivity contribution in [2.75, 3.05) is 20.4 Å². The molecule has 0 fully saturated rings. The van der Waals surface area contributed by atoms with Crippen molar-refractivity contribution in [2.24, 2.45) is 9.98 Å². The molecule has 0 unspecified atom stereocenters. The molecule has 0 saturated heterocycles. The third kappa shape index (κ3) is 8.02. The normalized spacial score (nSPS) is 15.2. The summed E-state index contributed by atoms with van der Waals surface area (Å²) in [5.41, 5.74) is 2.99. The summed E-state index contributed by atoms with van der Waals surface area (Å²) in [4.78, 5) is 21.8. The van der Waals surface area contributed by atoms with E-state index in [1.165, 1.54) is 25.4 Å². The summed E-state index contributed by atoms with van der Waals surface area (Å²) in [5.74, 6) is -0.997. The van der Waals surface area contributed by atoms with Gasteiger partial charge in [0.15, 0.2) is 12.0 Å². The van der Waals surface area contributed by atoms with E-state index in [4.69, 9.17) is 4.74 Å². The smallest absolute Gasteiger partial charge is 0.202 e. The van der Waals surface area contributed by atoms with Crippen LogP contribution in [0.3, 0.4) is 0 Å². The predicted molar refractivity (Wildman–Crippen MR) is 131 cm³/mol. The second-order valence-electron chi connectivity index (χ2n) is 7.11. The van der Waals surface area contributed by atoms with E-state index in [1.54, 1.807) is 23.7 Å². The SMILES string of the molecule is CN=C(NC1=C(C)C=C(N=C(C)SC)CC=C1)N(/C=C(\C=O)OC)Cc1cc(F)cc(F)c1. The minimum atomic E-state index is -0.691. The van der Waals surface area contributed by atoms with Crippen molar-refractivity contribution in [1.29, 1.82) is 0 Å². The Balaban J connectivity index is 2.41. The maximum atomic E-state index is 13.7. The van der Waals surface area contributed by atoms with Crippen LogP contribution in [0.2, 0.25) is 0 Å². The lowest BCUT2D eigenvalue weighted by atomic mass is 10.2. The van der Waals surface area contributed by atoms with Crippen LogP contribution >= 0.6 is 11.8 Å². The van der Waals surface area contributed by atoms with Gasteiger partial charge in [0.25, 0.3) is 0 Å². The summed E-state index contributed by atoms with van der Waals surface area (Å²) in [6, 6.07) is 3.25. The van der Waals surface area contributed by atoms with Gasteiger partial charge in [-0.1, -0.05) is 6.08 Å². The quantitative estimate of drug-likeness (QED) is 0.200. The fraction of sp³-hybridized carbons (Fsp3) is 0.292. The molecular weight excluding hydrogens is 446 g/mol. The molecule has 1 aliphatic rings. The maximum absolute atomic E-state index is 13.7. The van der Waals surface area contributed by atoms with Crippen molar-refractivity contribution < 1.29 is 18.3 Å². The molecular formula is C24H28F2N4O2S. The van der Waals surface area contributed by atoms with Gasteiger partial charge >= 0.3 is 0 Å². The predicted octanol–water partition coefficient (Wildman–Crippen LogP) is 4.93. The van der Waals surface area contributed by atoms with E-state index < -0.39 is 11.6 Å². The van der Waals surface area contributed by atoms with E-state index >= 15 is 0 Å². The minimum Gasteiger partial charge on any atom is -0.492 e. The molecule has 0 radical (unpaired) electrons. The average Bonchev–Trinajstić information content (AvgIpc) is 2.94. The summed E-state index contributed by atoms with van der Waals surface area (Å²) >= 11 is 1.59. The van der Waals surface area contributed by atoms with Crippen LogP contribution in [0, 0.1) is 11.6 Å². The number of carbonyl (C=O) groups excluding carboxylic acids is 1. The van der Waals surface area contributed by atoms with Gasteiger partial charge in [-0.25, -0.2) is 8.78 Å². The summed E-state index contributed by atoms with van der Waals surface area (Å²) in [6.07, 6.45) is 10.5. The van der Waals surface area contributed by atoms with Crippen LogP contribution in [0.25, 0.3) is 0 Å². The van der Waals surface area contributed by atoms with Crippen LogP contribution in [-0.4, -0.2) is 42.6 Å². The van der Waals surface area contributed by atoms with Crippen molar-refractivity contribution in [1.82, 2.24) is 10.2 Å². The Morgan fingerprint density at radius 2 is 2.00 bits per heavy atom. The molecule has 1 aliphatic carbocycles. The summed E-state index contributed by atoms with van der Waals surface area (Å²) in [5, 5.41) is 4.22. The van der Waals surface area contributed by atoms with Gasteiger partial charge in [-0.3, -0.25) is 14.8 Å². The number of aliphatic imine (C=N–C) groups is 2. The first-order chi connectivity index (χ1) is 15.8.